The Morgan fingerprint density at radius 1 is 1.56 bits per heavy atom. The number of hydrogen-bond acceptors (Lipinski definition) is 3. The van der Waals surface area contributed by atoms with Gasteiger partial charge in [0.15, 0.2) is 0 Å². The van der Waals surface area contributed by atoms with Gasteiger partial charge in [0.05, 0.1) is 13.2 Å². The summed E-state index contributed by atoms with van der Waals surface area (Å²) in [5, 5.41) is 0. The predicted octanol–water partition coefficient (Wildman–Crippen LogP) is 1.08. The lowest BCUT2D eigenvalue weighted by Crippen LogP contribution is -2.52. The van der Waals surface area contributed by atoms with Gasteiger partial charge in [0.25, 0.3) is 0 Å². The highest BCUT2D eigenvalue weighted by atomic mass is 16.5. The minimum absolute atomic E-state index is 0.109. The van der Waals surface area contributed by atoms with Gasteiger partial charge in [0, 0.05) is 13.6 Å². The zero-order chi connectivity index (χ0) is 12.5. The number of likely N-dealkylation sites (N-methyl/N-ethyl adjacent to an activating group) is 1. The van der Waals surface area contributed by atoms with E-state index in [1.54, 1.807) is 30.7 Å². The van der Waals surface area contributed by atoms with E-state index in [1.165, 1.54) is 7.11 Å². The lowest BCUT2D eigenvalue weighted by atomic mass is 10.0. The Balaban J connectivity index is 2.90. The average Bonchev–Trinajstić information content (AvgIpc) is 2.55. The van der Waals surface area contributed by atoms with Crippen molar-refractivity contribution in [3.8, 4) is 0 Å². The number of ether oxygens (including phenoxy) is 1. The first-order chi connectivity index (χ1) is 7.36. The van der Waals surface area contributed by atoms with Gasteiger partial charge in [0.2, 0.25) is 0 Å². The second-order valence-corrected chi connectivity index (χ2v) is 4.62. The van der Waals surface area contributed by atoms with E-state index in [9.17, 15) is 9.59 Å². The van der Waals surface area contributed by atoms with Gasteiger partial charge in [-0.25, -0.2) is 9.59 Å². The highest BCUT2D eigenvalue weighted by Crippen LogP contribution is 2.26. The van der Waals surface area contributed by atoms with Crippen LogP contribution < -0.4 is 0 Å². The molecule has 0 aliphatic carbocycles. The van der Waals surface area contributed by atoms with Crippen molar-refractivity contribution in [2.45, 2.75) is 38.8 Å². The van der Waals surface area contributed by atoms with Crippen molar-refractivity contribution in [3.63, 3.8) is 0 Å². The molecule has 1 unspecified atom stereocenters. The van der Waals surface area contributed by atoms with Gasteiger partial charge >= 0.3 is 12.0 Å². The van der Waals surface area contributed by atoms with E-state index < -0.39 is 5.54 Å². The smallest absolute Gasteiger partial charge is 0.331 e. The van der Waals surface area contributed by atoms with Gasteiger partial charge in [0.1, 0.15) is 5.54 Å². The topological polar surface area (TPSA) is 49.9 Å². The number of rotatable bonds is 3. The zero-order valence-corrected chi connectivity index (χ0v) is 10.6. The van der Waals surface area contributed by atoms with Crippen LogP contribution >= 0.6 is 0 Å². The molecule has 0 bridgehead atoms. The van der Waals surface area contributed by atoms with E-state index in [0.717, 1.165) is 6.42 Å². The first-order valence-electron chi connectivity index (χ1n) is 5.49. The summed E-state index contributed by atoms with van der Waals surface area (Å²) in [6, 6.07) is 0.0682. The summed E-state index contributed by atoms with van der Waals surface area (Å²) in [5.41, 5.74) is -0.899. The second kappa shape index (κ2) is 4.31. The standard InChI is InChI=1S/C11H20N2O3/c1-6-8-7-13(10(15)12(8)4)11(2,3)9(14)16-5/h8H,6-7H2,1-5H3. The fraction of sp³-hybridized carbons (Fsp3) is 0.818. The van der Waals surface area contributed by atoms with Crippen LogP contribution in [0, 0.1) is 0 Å². The molecule has 0 spiro atoms. The first-order valence-corrected chi connectivity index (χ1v) is 5.49. The molecule has 5 heteroatoms. The minimum Gasteiger partial charge on any atom is -0.467 e. The van der Waals surface area contributed by atoms with E-state index in [4.69, 9.17) is 4.74 Å². The van der Waals surface area contributed by atoms with Crippen molar-refractivity contribution < 1.29 is 14.3 Å². The summed E-state index contributed by atoms with van der Waals surface area (Å²) in [4.78, 5) is 26.9. The van der Waals surface area contributed by atoms with Crippen LogP contribution in [0.2, 0.25) is 0 Å². The van der Waals surface area contributed by atoms with Crippen LogP contribution in [0.25, 0.3) is 0 Å². The second-order valence-electron chi connectivity index (χ2n) is 4.62. The molecule has 0 aromatic rings. The maximum Gasteiger partial charge on any atom is 0.331 e. The number of urea groups is 1. The Morgan fingerprint density at radius 2 is 2.12 bits per heavy atom. The van der Waals surface area contributed by atoms with Crippen LogP contribution in [0.1, 0.15) is 27.2 Å². The van der Waals surface area contributed by atoms with Gasteiger partial charge in [-0.2, -0.15) is 0 Å². The molecule has 16 heavy (non-hydrogen) atoms. The number of carbonyl (C=O) groups is 2. The highest BCUT2D eigenvalue weighted by Gasteiger charge is 2.46. The van der Waals surface area contributed by atoms with E-state index >= 15 is 0 Å². The van der Waals surface area contributed by atoms with Crippen molar-refractivity contribution >= 4 is 12.0 Å². The monoisotopic (exact) mass is 228 g/mol. The Bertz CT molecular complexity index is 302. The van der Waals surface area contributed by atoms with Crippen molar-refractivity contribution in [2.75, 3.05) is 20.7 Å². The van der Waals surface area contributed by atoms with Crippen LogP contribution in [0.3, 0.4) is 0 Å². The fourth-order valence-corrected chi connectivity index (χ4v) is 1.99. The Kier molecular flexibility index (Phi) is 3.45. The van der Waals surface area contributed by atoms with Crippen LogP contribution in [0.15, 0.2) is 0 Å². The molecule has 1 rings (SSSR count). The molecule has 92 valence electrons. The zero-order valence-electron chi connectivity index (χ0n) is 10.6. The number of methoxy groups -OCH3 is 1. The molecule has 0 radical (unpaired) electrons. The Labute approximate surface area is 96.3 Å². The Morgan fingerprint density at radius 3 is 2.50 bits per heavy atom. The minimum atomic E-state index is -0.899. The quantitative estimate of drug-likeness (QED) is 0.679. The van der Waals surface area contributed by atoms with Gasteiger partial charge in [-0.3, -0.25) is 0 Å². The number of amides is 2. The third-order valence-electron chi connectivity index (χ3n) is 3.30. The van der Waals surface area contributed by atoms with Crippen LogP contribution in [0.5, 0.6) is 0 Å². The molecule has 0 N–H and O–H groups in total. The molecule has 1 saturated heterocycles. The van der Waals surface area contributed by atoms with Crippen molar-refractivity contribution in [1.82, 2.24) is 9.80 Å². The SMILES string of the molecule is CCC1CN(C(C)(C)C(=O)OC)C(=O)N1C. The molecule has 1 fully saturated rings. The molecule has 5 nitrogen and oxygen atoms in total. The largest absolute Gasteiger partial charge is 0.467 e. The predicted molar refractivity (Wildman–Crippen MR) is 60.0 cm³/mol. The normalized spacial score (nSPS) is 21.6. The van der Waals surface area contributed by atoms with Crippen LogP contribution in [0.4, 0.5) is 4.79 Å². The van der Waals surface area contributed by atoms with E-state index in [0.29, 0.717) is 6.54 Å². The summed E-state index contributed by atoms with van der Waals surface area (Å²) in [6.45, 7) is 6.03. The number of carbonyl (C=O) groups excluding carboxylic acids is 2. The molecule has 0 saturated carbocycles. The Hall–Kier alpha value is -1.26. The fourth-order valence-electron chi connectivity index (χ4n) is 1.99. The summed E-state index contributed by atoms with van der Waals surface area (Å²) in [6.07, 6.45) is 0.885. The van der Waals surface area contributed by atoms with Crippen LogP contribution in [-0.4, -0.2) is 54.1 Å². The van der Waals surface area contributed by atoms with E-state index in [1.807, 2.05) is 6.92 Å². The third-order valence-corrected chi connectivity index (χ3v) is 3.30. The lowest BCUT2D eigenvalue weighted by Gasteiger charge is -2.31. The third kappa shape index (κ3) is 1.86. The van der Waals surface area contributed by atoms with Gasteiger partial charge in [-0.1, -0.05) is 6.92 Å². The molecular weight excluding hydrogens is 208 g/mol. The van der Waals surface area contributed by atoms with E-state index in [2.05, 4.69) is 0 Å². The van der Waals surface area contributed by atoms with Gasteiger partial charge in [-0.05, 0) is 20.3 Å². The molecule has 1 aliphatic rings. The first kappa shape index (κ1) is 12.8. The summed E-state index contributed by atoms with van der Waals surface area (Å²) in [5.74, 6) is -0.383. The molecule has 1 atom stereocenters. The maximum absolute atomic E-state index is 12.0. The summed E-state index contributed by atoms with van der Waals surface area (Å²) < 4.78 is 4.73. The highest BCUT2D eigenvalue weighted by molar-refractivity contribution is 5.87. The van der Waals surface area contributed by atoms with E-state index in [-0.39, 0.29) is 18.0 Å². The number of esters is 1. The van der Waals surface area contributed by atoms with Gasteiger partial charge in [-0.15, -0.1) is 0 Å². The molecule has 0 aromatic heterocycles. The summed E-state index contributed by atoms with van der Waals surface area (Å²) in [7, 11) is 3.11. The summed E-state index contributed by atoms with van der Waals surface area (Å²) >= 11 is 0. The van der Waals surface area contributed by atoms with Crippen molar-refractivity contribution in [2.24, 2.45) is 0 Å². The van der Waals surface area contributed by atoms with Crippen molar-refractivity contribution in [1.29, 1.82) is 0 Å². The average molecular weight is 228 g/mol. The molecular formula is C11H20N2O3. The van der Waals surface area contributed by atoms with Gasteiger partial charge < -0.3 is 14.5 Å². The molecule has 1 heterocycles. The molecule has 2 amide bonds. The molecule has 1 aliphatic heterocycles. The van der Waals surface area contributed by atoms with Crippen LogP contribution in [-0.2, 0) is 9.53 Å². The van der Waals surface area contributed by atoms with Crippen molar-refractivity contribution in [3.05, 3.63) is 0 Å². The number of hydrogen-bond donors (Lipinski definition) is 0. The number of nitrogens with zero attached hydrogens (tertiary/aromatic N) is 2. The molecule has 0 aromatic carbocycles. The lowest BCUT2D eigenvalue weighted by molar-refractivity contribution is -0.151. The maximum atomic E-state index is 12.0.